The average molecular weight is 318 g/mol. The molecule has 5 nitrogen and oxygen atoms in total. The van der Waals surface area contributed by atoms with Crippen molar-refractivity contribution in [2.45, 2.75) is 49.9 Å². The molecule has 5 heteroatoms. The Morgan fingerprint density at radius 1 is 1.35 bits per heavy atom. The molecule has 0 radical (unpaired) electrons. The first-order valence-corrected chi connectivity index (χ1v) is 8.21. The van der Waals surface area contributed by atoms with Gasteiger partial charge in [-0.3, -0.25) is 4.79 Å². The van der Waals surface area contributed by atoms with Crippen molar-refractivity contribution >= 4 is 5.91 Å². The number of fused-ring (bicyclic) bond motifs is 2. The van der Waals surface area contributed by atoms with Crippen LogP contribution in [0.25, 0.3) is 0 Å². The van der Waals surface area contributed by atoms with E-state index in [9.17, 15) is 9.90 Å². The molecule has 1 aromatic rings. The number of carbonyl (C=O) groups is 1. The number of aliphatic hydroxyl groups is 1. The van der Waals surface area contributed by atoms with E-state index in [1.165, 1.54) is 0 Å². The average Bonchev–Trinajstić information content (AvgIpc) is 2.78. The number of carbonyl (C=O) groups excluding carboxylic acids is 1. The van der Waals surface area contributed by atoms with Crippen LogP contribution in [0.2, 0.25) is 0 Å². The van der Waals surface area contributed by atoms with Gasteiger partial charge in [-0.25, -0.2) is 0 Å². The van der Waals surface area contributed by atoms with Crippen molar-refractivity contribution in [3.63, 3.8) is 0 Å². The van der Waals surface area contributed by atoms with Gasteiger partial charge in [0.1, 0.15) is 5.60 Å². The van der Waals surface area contributed by atoms with Gasteiger partial charge < -0.3 is 20.5 Å². The van der Waals surface area contributed by atoms with Crippen molar-refractivity contribution < 1.29 is 14.6 Å². The fourth-order valence-corrected chi connectivity index (χ4v) is 4.06. The van der Waals surface area contributed by atoms with Crippen molar-refractivity contribution in [3.8, 4) is 0 Å². The predicted molar refractivity (Wildman–Crippen MR) is 88.0 cm³/mol. The largest absolute Gasteiger partial charge is 0.390 e. The smallest absolute Gasteiger partial charge is 0.254 e. The maximum absolute atomic E-state index is 12.6. The van der Waals surface area contributed by atoms with Gasteiger partial charge in [-0.2, -0.15) is 0 Å². The zero-order valence-electron chi connectivity index (χ0n) is 14.1. The molecule has 1 spiro atoms. The molecule has 1 aliphatic heterocycles. The minimum Gasteiger partial charge on any atom is -0.390 e. The van der Waals surface area contributed by atoms with Gasteiger partial charge in [-0.1, -0.05) is 24.3 Å². The number of methoxy groups -OCH3 is 1. The third-order valence-corrected chi connectivity index (χ3v) is 5.73. The molecular formula is C18H26N2O3. The summed E-state index contributed by atoms with van der Waals surface area (Å²) in [6.07, 6.45) is 0.863. The van der Waals surface area contributed by atoms with E-state index in [2.05, 4.69) is 6.07 Å². The van der Waals surface area contributed by atoms with E-state index < -0.39 is 11.7 Å². The molecule has 1 aromatic carbocycles. The van der Waals surface area contributed by atoms with Crippen LogP contribution in [0.3, 0.4) is 0 Å². The number of nitrogens with zero attached hydrogens (tertiary/aromatic N) is 1. The molecule has 3 N–H and O–H groups in total. The maximum Gasteiger partial charge on any atom is 0.254 e. The number of rotatable bonds is 2. The number of piperidine rings is 1. The first kappa shape index (κ1) is 16.4. The number of nitrogens with two attached hydrogens (primary N) is 1. The molecule has 1 saturated heterocycles. The summed E-state index contributed by atoms with van der Waals surface area (Å²) < 4.78 is 5.30. The van der Waals surface area contributed by atoms with Crippen molar-refractivity contribution in [1.29, 1.82) is 0 Å². The van der Waals surface area contributed by atoms with Crippen LogP contribution in [0, 0.1) is 0 Å². The number of hydrogen-bond acceptors (Lipinski definition) is 4. The number of aliphatic hydroxyl groups excluding tert-OH is 1. The van der Waals surface area contributed by atoms with Crippen molar-refractivity contribution in [2.75, 3.05) is 20.2 Å². The van der Waals surface area contributed by atoms with E-state index in [0.717, 1.165) is 24.0 Å². The van der Waals surface area contributed by atoms with Crippen LogP contribution in [-0.2, 0) is 14.9 Å². The highest BCUT2D eigenvalue weighted by Crippen LogP contribution is 2.50. The second kappa shape index (κ2) is 5.58. The molecule has 0 unspecified atom stereocenters. The molecule has 2 aliphatic rings. The summed E-state index contributed by atoms with van der Waals surface area (Å²) in [5.74, 6) is -0.0000737. The Bertz CT molecular complexity index is 606. The highest BCUT2D eigenvalue weighted by atomic mass is 16.5. The maximum atomic E-state index is 12.6. The van der Waals surface area contributed by atoms with Crippen LogP contribution >= 0.6 is 0 Å². The summed E-state index contributed by atoms with van der Waals surface area (Å²) in [6.45, 7) is 4.80. The number of benzene rings is 1. The molecule has 0 saturated carbocycles. The lowest BCUT2D eigenvalue weighted by Crippen LogP contribution is -2.54. The summed E-state index contributed by atoms with van der Waals surface area (Å²) in [6, 6.07) is 7.69. The van der Waals surface area contributed by atoms with Gasteiger partial charge in [0.25, 0.3) is 5.91 Å². The van der Waals surface area contributed by atoms with Gasteiger partial charge >= 0.3 is 0 Å². The molecule has 1 fully saturated rings. The molecule has 2 atom stereocenters. The zero-order chi connectivity index (χ0) is 16.8. The van der Waals surface area contributed by atoms with Crippen LogP contribution in [-0.4, -0.2) is 47.8 Å². The molecule has 3 rings (SSSR count). The Morgan fingerprint density at radius 3 is 2.57 bits per heavy atom. The van der Waals surface area contributed by atoms with Gasteiger partial charge in [0.05, 0.1) is 12.1 Å². The number of amides is 1. The Kier molecular flexibility index (Phi) is 3.99. The number of likely N-dealkylation sites (tertiary alicyclic amines) is 1. The minimum absolute atomic E-state index is 0.0000737. The second-order valence-corrected chi connectivity index (χ2v) is 7.22. The van der Waals surface area contributed by atoms with Gasteiger partial charge in [0.15, 0.2) is 0 Å². The standard InChI is InChI=1S/C18H26N2O3/c1-17(2,23-3)16(22)20-10-8-18(9-11-20)13-7-5-4-6-12(13)14(19)15(18)21/h4-7,14-15,21H,8-11,19H2,1-3H3/t14-,15+/m1/s1. The van der Waals surface area contributed by atoms with E-state index >= 15 is 0 Å². The quantitative estimate of drug-likeness (QED) is 0.863. The number of hydrogen-bond donors (Lipinski definition) is 2. The van der Waals surface area contributed by atoms with Gasteiger partial charge in [-0.05, 0) is 37.8 Å². The molecule has 1 heterocycles. The Balaban J connectivity index is 1.83. The van der Waals surface area contributed by atoms with Gasteiger partial charge in [0, 0.05) is 25.6 Å². The van der Waals surface area contributed by atoms with E-state index in [4.69, 9.17) is 10.5 Å². The lowest BCUT2D eigenvalue weighted by atomic mass is 9.72. The van der Waals surface area contributed by atoms with E-state index in [1.54, 1.807) is 21.0 Å². The third-order valence-electron chi connectivity index (χ3n) is 5.73. The fourth-order valence-electron chi connectivity index (χ4n) is 4.06. The van der Waals surface area contributed by atoms with Crippen LogP contribution in [0.1, 0.15) is 43.9 Å². The second-order valence-electron chi connectivity index (χ2n) is 7.22. The molecule has 23 heavy (non-hydrogen) atoms. The normalized spacial score (nSPS) is 26.4. The molecule has 126 valence electrons. The van der Waals surface area contributed by atoms with Crippen LogP contribution < -0.4 is 5.73 Å². The van der Waals surface area contributed by atoms with Crippen molar-refractivity contribution in [2.24, 2.45) is 5.73 Å². The summed E-state index contributed by atoms with van der Waals surface area (Å²) in [7, 11) is 1.55. The van der Waals surface area contributed by atoms with Crippen molar-refractivity contribution in [1.82, 2.24) is 4.90 Å². The third kappa shape index (κ3) is 2.38. The minimum atomic E-state index is -0.812. The molecule has 1 amide bonds. The molecule has 0 aromatic heterocycles. The first-order valence-electron chi connectivity index (χ1n) is 8.21. The molecule has 1 aliphatic carbocycles. The van der Waals surface area contributed by atoms with E-state index in [1.807, 2.05) is 23.1 Å². The SMILES string of the molecule is COC(C)(C)C(=O)N1CCC2(CC1)c1ccccc1[C@@H](N)[C@@H]2O. The lowest BCUT2D eigenvalue weighted by molar-refractivity contribution is -0.153. The topological polar surface area (TPSA) is 75.8 Å². The summed E-state index contributed by atoms with van der Waals surface area (Å²) in [5, 5.41) is 10.8. The van der Waals surface area contributed by atoms with Gasteiger partial charge in [0.2, 0.25) is 0 Å². The fraction of sp³-hybridized carbons (Fsp3) is 0.611. The van der Waals surface area contributed by atoms with Crippen LogP contribution in [0.5, 0.6) is 0 Å². The van der Waals surface area contributed by atoms with E-state index in [-0.39, 0.29) is 17.4 Å². The predicted octanol–water partition coefficient (Wildman–Crippen LogP) is 1.35. The Labute approximate surface area is 137 Å². The summed E-state index contributed by atoms with van der Waals surface area (Å²) in [4.78, 5) is 14.4. The molecule has 0 bridgehead atoms. The molecular weight excluding hydrogens is 292 g/mol. The highest BCUT2D eigenvalue weighted by Gasteiger charge is 2.52. The monoisotopic (exact) mass is 318 g/mol. The van der Waals surface area contributed by atoms with E-state index in [0.29, 0.717) is 13.1 Å². The Morgan fingerprint density at radius 2 is 1.96 bits per heavy atom. The van der Waals surface area contributed by atoms with Crippen LogP contribution in [0.15, 0.2) is 24.3 Å². The zero-order valence-corrected chi connectivity index (χ0v) is 14.1. The van der Waals surface area contributed by atoms with Crippen LogP contribution in [0.4, 0.5) is 0 Å². The summed E-state index contributed by atoms with van der Waals surface area (Å²) >= 11 is 0. The van der Waals surface area contributed by atoms with Gasteiger partial charge in [-0.15, -0.1) is 0 Å². The Hall–Kier alpha value is -1.43. The summed E-state index contributed by atoms with van der Waals surface area (Å²) in [5.41, 5.74) is 7.28. The highest BCUT2D eigenvalue weighted by molar-refractivity contribution is 5.84. The lowest BCUT2D eigenvalue weighted by Gasteiger charge is -2.44. The number of ether oxygens (including phenoxy) is 1. The first-order chi connectivity index (χ1) is 10.8. The van der Waals surface area contributed by atoms with Crippen molar-refractivity contribution in [3.05, 3.63) is 35.4 Å².